The van der Waals surface area contributed by atoms with Crippen LogP contribution in [0.2, 0.25) is 0 Å². The van der Waals surface area contributed by atoms with Crippen LogP contribution in [0.4, 0.5) is 0 Å². The van der Waals surface area contributed by atoms with Crippen LogP contribution in [-0.4, -0.2) is 37.2 Å². The molecule has 0 amide bonds. The maximum absolute atomic E-state index is 12.5. The molecule has 0 rings (SSSR count). The molecule has 1 atom stereocenters. The quantitative estimate of drug-likeness (QED) is 0.0402. The standard InChI is InChI=1S/C38H72O6/c1-4-7-10-13-16-18-20-23-25-28-31-37(40)43-34-35(44-38(41)32-29-26-21-15-12-9-6-3)33-42-36(39)30-27-24-22-19-17-14-11-8-5-2/h35H,4-34H2,1-3H3/t35-/m1/s1. The maximum atomic E-state index is 12.5. The fraction of sp³-hybridized carbons (Fsp3) is 0.921. The zero-order chi connectivity index (χ0) is 32.4. The van der Waals surface area contributed by atoms with Crippen molar-refractivity contribution in [3.05, 3.63) is 0 Å². The topological polar surface area (TPSA) is 78.9 Å². The SMILES string of the molecule is CCCCCCCCCCCCC(=O)OC[C@@H](COC(=O)CCCCCCCCCCC)OC(=O)CCCCCCCCC. The second-order valence-corrected chi connectivity index (χ2v) is 12.9. The monoisotopic (exact) mass is 625 g/mol. The van der Waals surface area contributed by atoms with Crippen molar-refractivity contribution in [3.8, 4) is 0 Å². The molecule has 0 aromatic carbocycles. The van der Waals surface area contributed by atoms with Crippen molar-refractivity contribution < 1.29 is 28.6 Å². The molecule has 6 nitrogen and oxygen atoms in total. The van der Waals surface area contributed by atoms with Crippen molar-refractivity contribution in [2.24, 2.45) is 0 Å². The Morgan fingerprint density at radius 3 is 0.909 bits per heavy atom. The van der Waals surface area contributed by atoms with Gasteiger partial charge in [-0.15, -0.1) is 0 Å². The Morgan fingerprint density at radius 1 is 0.364 bits per heavy atom. The highest BCUT2D eigenvalue weighted by molar-refractivity contribution is 5.71. The minimum atomic E-state index is -0.754. The summed E-state index contributed by atoms with van der Waals surface area (Å²) in [5.74, 6) is -0.874. The Balaban J connectivity index is 4.31. The first-order valence-electron chi connectivity index (χ1n) is 19.0. The number of rotatable bonds is 34. The van der Waals surface area contributed by atoms with E-state index in [0.717, 1.165) is 57.8 Å². The fourth-order valence-electron chi connectivity index (χ4n) is 5.44. The van der Waals surface area contributed by atoms with E-state index in [0.29, 0.717) is 19.3 Å². The largest absolute Gasteiger partial charge is 0.462 e. The lowest BCUT2D eigenvalue weighted by atomic mass is 10.1. The molecule has 0 bridgehead atoms. The van der Waals surface area contributed by atoms with Crippen LogP contribution in [0.3, 0.4) is 0 Å². The van der Waals surface area contributed by atoms with Gasteiger partial charge < -0.3 is 14.2 Å². The van der Waals surface area contributed by atoms with Gasteiger partial charge in [-0.1, -0.05) is 168 Å². The van der Waals surface area contributed by atoms with Crippen molar-refractivity contribution >= 4 is 17.9 Å². The van der Waals surface area contributed by atoms with Gasteiger partial charge in [-0.3, -0.25) is 14.4 Å². The fourth-order valence-corrected chi connectivity index (χ4v) is 5.44. The highest BCUT2D eigenvalue weighted by atomic mass is 16.6. The zero-order valence-corrected chi connectivity index (χ0v) is 29.4. The molecule has 0 aliphatic rings. The third kappa shape index (κ3) is 31.8. The lowest BCUT2D eigenvalue weighted by Gasteiger charge is -2.18. The minimum absolute atomic E-state index is 0.0648. The smallest absolute Gasteiger partial charge is 0.306 e. The number of unbranched alkanes of at least 4 members (excludes halogenated alkanes) is 23. The van der Waals surface area contributed by atoms with E-state index in [9.17, 15) is 14.4 Å². The van der Waals surface area contributed by atoms with E-state index in [4.69, 9.17) is 14.2 Å². The number of ether oxygens (including phenoxy) is 3. The first-order chi connectivity index (χ1) is 21.5. The van der Waals surface area contributed by atoms with Gasteiger partial charge in [-0.25, -0.2) is 0 Å². The van der Waals surface area contributed by atoms with Gasteiger partial charge in [0.05, 0.1) is 0 Å². The van der Waals surface area contributed by atoms with Crippen LogP contribution in [0.15, 0.2) is 0 Å². The summed E-state index contributed by atoms with van der Waals surface area (Å²) < 4.78 is 16.5. The molecule has 44 heavy (non-hydrogen) atoms. The average Bonchev–Trinajstić information content (AvgIpc) is 3.02. The summed E-state index contributed by atoms with van der Waals surface area (Å²) in [6, 6.07) is 0. The molecule has 6 heteroatoms. The summed E-state index contributed by atoms with van der Waals surface area (Å²) in [4.78, 5) is 37.2. The molecule has 0 aromatic heterocycles. The molecule has 0 aromatic rings. The first kappa shape index (κ1) is 42.4. The zero-order valence-electron chi connectivity index (χ0n) is 29.4. The second-order valence-electron chi connectivity index (χ2n) is 12.9. The summed E-state index contributed by atoms with van der Waals surface area (Å²) in [7, 11) is 0. The Hall–Kier alpha value is -1.59. The van der Waals surface area contributed by atoms with Gasteiger partial charge >= 0.3 is 17.9 Å². The van der Waals surface area contributed by atoms with Gasteiger partial charge in [0.2, 0.25) is 0 Å². The number of hydrogen-bond donors (Lipinski definition) is 0. The van der Waals surface area contributed by atoms with E-state index < -0.39 is 6.10 Å². The molecule has 0 radical (unpaired) electrons. The van der Waals surface area contributed by atoms with Gasteiger partial charge in [0.25, 0.3) is 0 Å². The van der Waals surface area contributed by atoms with E-state index in [-0.39, 0.29) is 31.1 Å². The molecule has 260 valence electrons. The van der Waals surface area contributed by atoms with Crippen molar-refractivity contribution in [1.29, 1.82) is 0 Å². The van der Waals surface area contributed by atoms with Crippen LogP contribution in [-0.2, 0) is 28.6 Å². The third-order valence-electron chi connectivity index (χ3n) is 8.36. The molecule has 0 heterocycles. The predicted octanol–water partition coefficient (Wildman–Crippen LogP) is 11.4. The van der Waals surface area contributed by atoms with Crippen molar-refractivity contribution in [3.63, 3.8) is 0 Å². The Labute approximate surface area is 272 Å². The van der Waals surface area contributed by atoms with Crippen LogP contribution in [0, 0.1) is 0 Å². The molecular weight excluding hydrogens is 552 g/mol. The molecular formula is C38H72O6. The summed E-state index contributed by atoms with van der Waals surface area (Å²) in [5, 5.41) is 0. The molecule has 0 unspecified atom stereocenters. The highest BCUT2D eigenvalue weighted by Gasteiger charge is 2.19. The predicted molar refractivity (Wildman–Crippen MR) is 183 cm³/mol. The third-order valence-corrected chi connectivity index (χ3v) is 8.36. The van der Waals surface area contributed by atoms with Crippen molar-refractivity contribution in [2.75, 3.05) is 13.2 Å². The Morgan fingerprint density at radius 2 is 0.614 bits per heavy atom. The van der Waals surface area contributed by atoms with E-state index in [1.54, 1.807) is 0 Å². The molecule has 0 aliphatic heterocycles. The molecule has 0 aliphatic carbocycles. The van der Waals surface area contributed by atoms with Crippen LogP contribution in [0.25, 0.3) is 0 Å². The van der Waals surface area contributed by atoms with Crippen LogP contribution in [0.5, 0.6) is 0 Å². The van der Waals surface area contributed by atoms with Crippen LogP contribution in [0.1, 0.15) is 207 Å². The average molecular weight is 625 g/mol. The van der Waals surface area contributed by atoms with Crippen LogP contribution < -0.4 is 0 Å². The summed E-state index contributed by atoms with van der Waals surface area (Å²) in [6.07, 6.45) is 31.0. The van der Waals surface area contributed by atoms with Gasteiger partial charge in [0.1, 0.15) is 13.2 Å². The molecule has 0 spiro atoms. The van der Waals surface area contributed by atoms with Crippen LogP contribution >= 0.6 is 0 Å². The number of hydrogen-bond acceptors (Lipinski definition) is 6. The van der Waals surface area contributed by atoms with Gasteiger partial charge in [0.15, 0.2) is 6.10 Å². The lowest BCUT2D eigenvalue weighted by Crippen LogP contribution is -2.30. The second kappa shape index (κ2) is 34.3. The normalized spacial score (nSPS) is 11.8. The van der Waals surface area contributed by atoms with Gasteiger partial charge in [-0.05, 0) is 19.3 Å². The molecule has 0 saturated carbocycles. The Kier molecular flexibility index (Phi) is 33.0. The summed E-state index contributed by atoms with van der Waals surface area (Å²) >= 11 is 0. The molecule has 0 fully saturated rings. The summed E-state index contributed by atoms with van der Waals surface area (Å²) in [6.45, 7) is 6.55. The number of carbonyl (C=O) groups is 3. The number of esters is 3. The van der Waals surface area contributed by atoms with E-state index >= 15 is 0 Å². The maximum Gasteiger partial charge on any atom is 0.306 e. The lowest BCUT2D eigenvalue weighted by molar-refractivity contribution is -0.167. The highest BCUT2D eigenvalue weighted by Crippen LogP contribution is 2.14. The van der Waals surface area contributed by atoms with Gasteiger partial charge in [-0.2, -0.15) is 0 Å². The van der Waals surface area contributed by atoms with Crippen molar-refractivity contribution in [2.45, 2.75) is 213 Å². The number of carbonyl (C=O) groups excluding carboxylic acids is 3. The summed E-state index contributed by atoms with van der Waals surface area (Å²) in [5.41, 5.74) is 0. The minimum Gasteiger partial charge on any atom is -0.462 e. The molecule has 0 N–H and O–H groups in total. The Bertz CT molecular complexity index is 649. The van der Waals surface area contributed by atoms with E-state index in [1.165, 1.54) is 109 Å². The molecule has 0 saturated heterocycles. The van der Waals surface area contributed by atoms with Crippen molar-refractivity contribution in [1.82, 2.24) is 0 Å². The van der Waals surface area contributed by atoms with Gasteiger partial charge in [0, 0.05) is 19.3 Å². The van der Waals surface area contributed by atoms with E-state index in [1.807, 2.05) is 0 Å². The first-order valence-corrected chi connectivity index (χ1v) is 19.0. The van der Waals surface area contributed by atoms with E-state index in [2.05, 4.69) is 20.8 Å².